The highest BCUT2D eigenvalue weighted by Crippen LogP contribution is 2.25. The molecule has 0 spiro atoms. The molecule has 0 aliphatic heterocycles. The Morgan fingerprint density at radius 1 is 1.14 bits per heavy atom. The summed E-state index contributed by atoms with van der Waals surface area (Å²) in [7, 11) is 1.56. The van der Waals surface area contributed by atoms with Gasteiger partial charge in [0.1, 0.15) is 5.75 Å². The Morgan fingerprint density at radius 2 is 1.90 bits per heavy atom. The Morgan fingerprint density at radius 3 is 2.57 bits per heavy atom. The molecule has 0 N–H and O–H groups in total. The summed E-state index contributed by atoms with van der Waals surface area (Å²) in [5.74, 6) is 0.460. The predicted octanol–water partition coefficient (Wildman–Crippen LogP) is 3.15. The number of aldehydes is 1. The molecule has 2 aromatic carbocycles. The lowest BCUT2D eigenvalue weighted by atomic mass is 10.2. The van der Waals surface area contributed by atoms with Gasteiger partial charge in [-0.05, 0) is 24.3 Å². The van der Waals surface area contributed by atoms with Gasteiger partial charge in [-0.1, -0.05) is 18.2 Å². The lowest BCUT2D eigenvalue weighted by molar-refractivity contribution is 0.0965. The number of hydrogen-bond donors (Lipinski definition) is 0. The van der Waals surface area contributed by atoms with E-state index in [0.29, 0.717) is 22.4 Å². The summed E-state index contributed by atoms with van der Waals surface area (Å²) in [6.45, 7) is 0. The SMILES string of the molecule is COc1ccc2c(C=O)cn(C(=O)c3ccccc3)c2c1. The third kappa shape index (κ3) is 2.21. The first-order chi connectivity index (χ1) is 10.2. The van der Waals surface area contributed by atoms with E-state index in [1.165, 1.54) is 4.57 Å². The first-order valence-corrected chi connectivity index (χ1v) is 6.48. The van der Waals surface area contributed by atoms with Crippen molar-refractivity contribution in [3.8, 4) is 5.75 Å². The van der Waals surface area contributed by atoms with Crippen molar-refractivity contribution in [3.05, 3.63) is 65.9 Å². The third-order valence-electron chi connectivity index (χ3n) is 3.41. The summed E-state index contributed by atoms with van der Waals surface area (Å²) in [6.07, 6.45) is 2.32. The van der Waals surface area contributed by atoms with E-state index < -0.39 is 0 Å². The highest BCUT2D eigenvalue weighted by molar-refractivity contribution is 6.07. The van der Waals surface area contributed by atoms with Crippen LogP contribution in [0.1, 0.15) is 20.7 Å². The Balaban J connectivity index is 2.22. The molecular formula is C17H13NO3. The van der Waals surface area contributed by atoms with E-state index in [2.05, 4.69) is 0 Å². The summed E-state index contributed by atoms with van der Waals surface area (Å²) in [5, 5.41) is 0.732. The van der Waals surface area contributed by atoms with Crippen molar-refractivity contribution in [2.75, 3.05) is 7.11 Å². The third-order valence-corrected chi connectivity index (χ3v) is 3.41. The predicted molar refractivity (Wildman–Crippen MR) is 80.0 cm³/mol. The van der Waals surface area contributed by atoms with Crippen LogP contribution >= 0.6 is 0 Å². The molecule has 0 aliphatic rings. The van der Waals surface area contributed by atoms with Crippen LogP contribution in [0, 0.1) is 0 Å². The van der Waals surface area contributed by atoms with Gasteiger partial charge in [-0.2, -0.15) is 0 Å². The summed E-state index contributed by atoms with van der Waals surface area (Å²) < 4.78 is 6.68. The molecule has 0 fully saturated rings. The zero-order valence-electron chi connectivity index (χ0n) is 11.4. The topological polar surface area (TPSA) is 48.3 Å². The van der Waals surface area contributed by atoms with Crippen LogP contribution in [-0.2, 0) is 0 Å². The van der Waals surface area contributed by atoms with Gasteiger partial charge in [0.05, 0.1) is 12.6 Å². The molecule has 0 aliphatic carbocycles. The molecule has 0 saturated heterocycles. The second kappa shape index (κ2) is 5.25. The number of carbonyl (C=O) groups is 2. The van der Waals surface area contributed by atoms with Gasteiger partial charge in [-0.3, -0.25) is 14.2 Å². The van der Waals surface area contributed by atoms with Gasteiger partial charge < -0.3 is 4.74 Å². The van der Waals surface area contributed by atoms with Crippen LogP contribution in [0.2, 0.25) is 0 Å². The van der Waals surface area contributed by atoms with E-state index in [4.69, 9.17) is 4.74 Å². The molecule has 0 amide bonds. The van der Waals surface area contributed by atoms with E-state index in [-0.39, 0.29) is 5.91 Å². The second-order valence-corrected chi connectivity index (χ2v) is 4.63. The number of hydrogen-bond acceptors (Lipinski definition) is 3. The van der Waals surface area contributed by atoms with Crippen LogP contribution in [0.5, 0.6) is 5.75 Å². The fraction of sp³-hybridized carbons (Fsp3) is 0.0588. The van der Waals surface area contributed by atoms with E-state index in [1.54, 1.807) is 55.8 Å². The summed E-state index contributed by atoms with van der Waals surface area (Å²) in [6, 6.07) is 14.3. The maximum Gasteiger partial charge on any atom is 0.262 e. The Kier molecular flexibility index (Phi) is 3.28. The van der Waals surface area contributed by atoms with Crippen molar-refractivity contribution in [1.82, 2.24) is 4.57 Å². The molecule has 0 radical (unpaired) electrons. The summed E-state index contributed by atoms with van der Waals surface area (Å²) in [5.41, 5.74) is 1.71. The molecular weight excluding hydrogens is 266 g/mol. The molecule has 4 nitrogen and oxygen atoms in total. The lowest BCUT2D eigenvalue weighted by Gasteiger charge is -2.05. The minimum absolute atomic E-state index is 0.179. The van der Waals surface area contributed by atoms with E-state index >= 15 is 0 Å². The van der Waals surface area contributed by atoms with Gasteiger partial charge >= 0.3 is 0 Å². The number of methoxy groups -OCH3 is 1. The molecule has 1 aromatic heterocycles. The molecule has 0 atom stereocenters. The second-order valence-electron chi connectivity index (χ2n) is 4.63. The molecule has 3 rings (SSSR count). The van der Waals surface area contributed by atoms with E-state index in [9.17, 15) is 9.59 Å². The zero-order valence-corrected chi connectivity index (χ0v) is 11.4. The summed E-state index contributed by atoms with van der Waals surface area (Å²) in [4.78, 5) is 23.8. The monoisotopic (exact) mass is 279 g/mol. The molecule has 3 aromatic rings. The van der Waals surface area contributed by atoms with Crippen molar-refractivity contribution in [3.63, 3.8) is 0 Å². The van der Waals surface area contributed by atoms with Crippen molar-refractivity contribution in [2.45, 2.75) is 0 Å². The number of fused-ring (bicyclic) bond motifs is 1. The number of aromatic nitrogens is 1. The maximum atomic E-state index is 12.6. The lowest BCUT2D eigenvalue weighted by Crippen LogP contribution is -2.10. The van der Waals surface area contributed by atoms with Crippen molar-refractivity contribution in [1.29, 1.82) is 0 Å². The Bertz CT molecular complexity index is 819. The molecule has 104 valence electrons. The van der Waals surface area contributed by atoms with Crippen LogP contribution in [0.25, 0.3) is 10.9 Å². The van der Waals surface area contributed by atoms with Gasteiger partial charge in [-0.15, -0.1) is 0 Å². The fourth-order valence-electron chi connectivity index (χ4n) is 2.34. The maximum absolute atomic E-state index is 12.6. The molecule has 1 heterocycles. The zero-order chi connectivity index (χ0) is 14.8. The van der Waals surface area contributed by atoms with Gasteiger partial charge in [-0.25, -0.2) is 0 Å². The fourth-order valence-corrected chi connectivity index (χ4v) is 2.34. The highest BCUT2D eigenvalue weighted by atomic mass is 16.5. The smallest absolute Gasteiger partial charge is 0.262 e. The first kappa shape index (κ1) is 13.1. The Hall–Kier alpha value is -2.88. The van der Waals surface area contributed by atoms with Gasteiger partial charge in [0.2, 0.25) is 0 Å². The van der Waals surface area contributed by atoms with Crippen LogP contribution in [0.15, 0.2) is 54.7 Å². The number of carbonyl (C=O) groups excluding carboxylic acids is 2. The van der Waals surface area contributed by atoms with Gasteiger partial charge in [0.15, 0.2) is 6.29 Å². The van der Waals surface area contributed by atoms with Crippen molar-refractivity contribution in [2.24, 2.45) is 0 Å². The van der Waals surface area contributed by atoms with E-state index in [0.717, 1.165) is 11.7 Å². The largest absolute Gasteiger partial charge is 0.497 e. The standard InChI is InChI=1S/C17H13NO3/c1-21-14-7-8-15-13(11-19)10-18(16(15)9-14)17(20)12-5-3-2-4-6-12/h2-11H,1H3. The van der Waals surface area contributed by atoms with Crippen molar-refractivity contribution < 1.29 is 14.3 Å². The minimum atomic E-state index is -0.179. The molecule has 0 saturated carbocycles. The van der Waals surface area contributed by atoms with Crippen LogP contribution < -0.4 is 4.74 Å². The van der Waals surface area contributed by atoms with Crippen LogP contribution in [-0.4, -0.2) is 23.9 Å². The number of nitrogens with zero attached hydrogens (tertiary/aromatic N) is 1. The highest BCUT2D eigenvalue weighted by Gasteiger charge is 2.15. The first-order valence-electron chi connectivity index (χ1n) is 6.48. The van der Waals surface area contributed by atoms with Gasteiger partial charge in [0.25, 0.3) is 5.91 Å². The number of ether oxygens (including phenoxy) is 1. The molecule has 4 heteroatoms. The van der Waals surface area contributed by atoms with Crippen LogP contribution in [0.4, 0.5) is 0 Å². The normalized spacial score (nSPS) is 10.5. The van der Waals surface area contributed by atoms with Crippen molar-refractivity contribution >= 4 is 23.1 Å². The number of rotatable bonds is 3. The quantitative estimate of drug-likeness (QED) is 0.692. The average molecular weight is 279 g/mol. The molecule has 0 bridgehead atoms. The van der Waals surface area contributed by atoms with Gasteiger partial charge in [0, 0.05) is 28.8 Å². The average Bonchev–Trinajstić information content (AvgIpc) is 2.92. The van der Waals surface area contributed by atoms with E-state index in [1.807, 2.05) is 6.07 Å². The van der Waals surface area contributed by atoms with Crippen LogP contribution in [0.3, 0.4) is 0 Å². The number of benzene rings is 2. The summed E-state index contributed by atoms with van der Waals surface area (Å²) >= 11 is 0. The minimum Gasteiger partial charge on any atom is -0.497 e. The molecule has 21 heavy (non-hydrogen) atoms. The Labute approximate surface area is 121 Å². The molecule has 0 unspecified atom stereocenters.